The van der Waals surface area contributed by atoms with Crippen LogP contribution in [0, 0.1) is 0 Å². The highest BCUT2D eigenvalue weighted by Gasteiger charge is 2.40. The number of rotatable bonds is 3. The van der Waals surface area contributed by atoms with Gasteiger partial charge >= 0.3 is 38.9 Å². The summed E-state index contributed by atoms with van der Waals surface area (Å²) in [5.74, 6) is 0. The van der Waals surface area contributed by atoms with Gasteiger partial charge < -0.3 is 13.6 Å². The van der Waals surface area contributed by atoms with E-state index in [9.17, 15) is 29.4 Å². The molecule has 1 aliphatic heterocycles. The summed E-state index contributed by atoms with van der Waals surface area (Å²) in [4.78, 5) is 0. The molecule has 0 spiro atoms. The highest BCUT2D eigenvalue weighted by Crippen LogP contribution is 2.82. The van der Waals surface area contributed by atoms with E-state index in [0.29, 0.717) is 21.3 Å². The predicted molar refractivity (Wildman–Crippen MR) is 75.5 cm³/mol. The van der Waals surface area contributed by atoms with Crippen LogP contribution in [0.25, 0.3) is 0 Å². The molecule has 3 atom stereocenters. The topological polar surface area (TPSA) is 89.5 Å². The molecule has 0 aromatic carbocycles. The summed E-state index contributed by atoms with van der Waals surface area (Å²) in [7, 11) is -27.6. The van der Waals surface area contributed by atoms with Crippen LogP contribution in [0.3, 0.4) is 0 Å². The quantitative estimate of drug-likeness (QED) is 0.319. The molecule has 0 radical (unpaired) electrons. The third kappa shape index (κ3) is 6.08. The van der Waals surface area contributed by atoms with E-state index in [1.54, 1.807) is 4.52 Å². The van der Waals surface area contributed by atoms with Gasteiger partial charge in [-0.15, -0.1) is 39.4 Å². The molecule has 0 bridgehead atoms. The van der Waals surface area contributed by atoms with E-state index in [2.05, 4.69) is 31.6 Å². The zero-order valence-electron chi connectivity index (χ0n) is 11.3. The highest BCUT2D eigenvalue weighted by molar-refractivity contribution is 7.78. The Hall–Kier alpha value is 0.540. The Balaban J connectivity index is 4.08. The molecule has 0 aromatic heterocycles. The molecule has 0 N–H and O–H groups in total. The fourth-order valence-electron chi connectivity index (χ4n) is 0.976. The van der Waals surface area contributed by atoms with Gasteiger partial charge in [0.25, 0.3) is 0 Å². The Bertz CT molecular complexity index is 741. The summed E-state index contributed by atoms with van der Waals surface area (Å²) in [5, 5.41) is 0. The van der Waals surface area contributed by atoms with Crippen LogP contribution in [0.5, 0.6) is 0 Å². The Morgan fingerprint density at radius 2 is 0.783 bits per heavy atom. The third-order valence-electron chi connectivity index (χ3n) is 1.79. The molecule has 23 heavy (non-hydrogen) atoms. The Kier molecular flexibility index (Phi) is 6.61. The van der Waals surface area contributed by atoms with E-state index < -0.39 is 38.9 Å². The van der Waals surface area contributed by atoms with E-state index >= 15 is 0 Å². The van der Waals surface area contributed by atoms with E-state index in [1.807, 2.05) is 0 Å². The molecular formula is C3H9F7N5O3P5. The van der Waals surface area contributed by atoms with E-state index in [1.165, 1.54) is 0 Å². The summed E-state index contributed by atoms with van der Waals surface area (Å²) in [6.45, 7) is 0. The lowest BCUT2D eigenvalue weighted by atomic mass is 11.8. The Morgan fingerprint density at radius 3 is 1.17 bits per heavy atom. The van der Waals surface area contributed by atoms with Crippen molar-refractivity contribution in [1.29, 1.82) is 0 Å². The predicted octanol–water partition coefficient (Wildman–Crippen LogP) is 8.46. The standard InChI is InChI=1S/C3H9F7N5O3P5/c1-16-21(8)12-19(4,5)11-20(6,7)13-22(9,17-2)15-23(10,14-21)18-3/h1-3H3. The molecule has 0 aliphatic carbocycles. The number of halogens is 7. The van der Waals surface area contributed by atoms with Gasteiger partial charge in [-0.3, -0.25) is 0 Å². The van der Waals surface area contributed by atoms with Gasteiger partial charge in [0.15, 0.2) is 0 Å². The second-order valence-electron chi connectivity index (χ2n) is 3.33. The largest absolute Gasteiger partial charge is 0.425 e. The summed E-state index contributed by atoms with van der Waals surface area (Å²) >= 11 is 0. The van der Waals surface area contributed by atoms with Crippen LogP contribution in [-0.2, 0) is 13.6 Å². The monoisotopic (exact) mass is 451 g/mol. The molecule has 3 unspecified atom stereocenters. The molecule has 0 amide bonds. The van der Waals surface area contributed by atoms with Gasteiger partial charge in [-0.2, -0.15) is 12.6 Å². The van der Waals surface area contributed by atoms with Crippen molar-refractivity contribution in [2.24, 2.45) is 22.6 Å². The minimum atomic E-state index is -6.39. The van der Waals surface area contributed by atoms with Crippen molar-refractivity contribution < 1.29 is 42.9 Å². The van der Waals surface area contributed by atoms with Gasteiger partial charge in [-0.05, 0) is 0 Å². The van der Waals surface area contributed by atoms with Crippen LogP contribution >= 0.6 is 38.9 Å². The van der Waals surface area contributed by atoms with Gasteiger partial charge in [-0.25, -0.2) is 0 Å². The molecule has 20 heteroatoms. The smallest absolute Gasteiger partial charge is 0.306 e. The summed E-state index contributed by atoms with van der Waals surface area (Å²) in [6, 6.07) is 0. The van der Waals surface area contributed by atoms with E-state index in [0.717, 1.165) is 0 Å². The lowest BCUT2D eigenvalue weighted by molar-refractivity contribution is 0.402. The van der Waals surface area contributed by atoms with Crippen LogP contribution in [0.2, 0.25) is 0 Å². The molecular weight excluding hydrogens is 442 g/mol. The highest BCUT2D eigenvalue weighted by atomic mass is 31.3. The van der Waals surface area contributed by atoms with Gasteiger partial charge in [0, 0.05) is 21.3 Å². The van der Waals surface area contributed by atoms with Crippen LogP contribution in [0.4, 0.5) is 29.4 Å². The van der Waals surface area contributed by atoms with Crippen molar-refractivity contribution in [1.82, 2.24) is 0 Å². The SMILES string of the molecule is COP1(F)=NP(F)(F)=NP(F)(F)=NP(F)(OC)=NP(F)(OC)=N1. The van der Waals surface area contributed by atoms with Crippen LogP contribution in [0.15, 0.2) is 22.6 Å². The molecule has 138 valence electrons. The van der Waals surface area contributed by atoms with Crippen molar-refractivity contribution in [3.05, 3.63) is 0 Å². The van der Waals surface area contributed by atoms with Gasteiger partial charge in [0.05, 0.1) is 0 Å². The third-order valence-corrected chi connectivity index (χ3v) is 11.9. The number of hydrogen-bond acceptors (Lipinski definition) is 8. The van der Waals surface area contributed by atoms with Crippen LogP contribution in [0.1, 0.15) is 0 Å². The average Bonchev–Trinajstić information content (AvgIpc) is 2.34. The number of hydrogen-bond donors (Lipinski definition) is 0. The summed E-state index contributed by atoms with van der Waals surface area (Å²) in [6.07, 6.45) is 0. The first-order valence-electron chi connectivity index (χ1n) is 4.96. The fraction of sp³-hybridized carbons (Fsp3) is 1.00. The maximum absolute atomic E-state index is 14.3. The van der Waals surface area contributed by atoms with Crippen molar-refractivity contribution >= 4 is 38.9 Å². The normalized spacial score (nSPS) is 39.7. The zero-order chi connectivity index (χ0) is 18.2. The number of nitrogens with zero attached hydrogens (tertiary/aromatic N) is 5. The van der Waals surface area contributed by atoms with E-state index in [-0.39, 0.29) is 0 Å². The maximum Gasteiger partial charge on any atom is 0.425 e. The van der Waals surface area contributed by atoms with Crippen molar-refractivity contribution in [3.63, 3.8) is 0 Å². The molecule has 0 aromatic rings. The zero-order valence-corrected chi connectivity index (χ0v) is 15.8. The molecule has 8 nitrogen and oxygen atoms in total. The minimum Gasteiger partial charge on any atom is -0.306 e. The molecule has 0 fully saturated rings. The van der Waals surface area contributed by atoms with Crippen LogP contribution in [-0.4, -0.2) is 21.3 Å². The van der Waals surface area contributed by atoms with Gasteiger partial charge in [-0.1, -0.05) is 0 Å². The van der Waals surface area contributed by atoms with Gasteiger partial charge in [0.2, 0.25) is 0 Å². The minimum absolute atomic E-state index is 0.484. The molecule has 1 rings (SSSR count). The maximum atomic E-state index is 14.3. The van der Waals surface area contributed by atoms with E-state index in [4.69, 9.17) is 0 Å². The molecule has 0 saturated heterocycles. The van der Waals surface area contributed by atoms with Crippen LogP contribution < -0.4 is 0 Å². The first-order chi connectivity index (χ1) is 10.2. The fourth-order valence-corrected chi connectivity index (χ4v) is 10.4. The Labute approximate surface area is 126 Å². The second-order valence-corrected chi connectivity index (χ2v) is 12.7. The molecule has 0 saturated carbocycles. The Morgan fingerprint density at radius 1 is 0.478 bits per heavy atom. The molecule has 1 aliphatic rings. The van der Waals surface area contributed by atoms with Crippen molar-refractivity contribution in [3.8, 4) is 0 Å². The van der Waals surface area contributed by atoms with Crippen molar-refractivity contribution in [2.75, 3.05) is 21.3 Å². The first kappa shape index (κ1) is 21.6. The summed E-state index contributed by atoms with van der Waals surface area (Å²) in [5.41, 5.74) is 0. The van der Waals surface area contributed by atoms with Gasteiger partial charge in [0.1, 0.15) is 0 Å². The first-order valence-corrected chi connectivity index (χ1v) is 12.4. The average molecular weight is 451 g/mol. The second kappa shape index (κ2) is 7.04. The van der Waals surface area contributed by atoms with Crippen molar-refractivity contribution in [2.45, 2.75) is 0 Å². The molecule has 1 heterocycles. The lowest BCUT2D eigenvalue weighted by Crippen LogP contribution is -1.82. The lowest BCUT2D eigenvalue weighted by Gasteiger charge is -2.17. The summed E-state index contributed by atoms with van der Waals surface area (Å²) < 4.78 is 119.